The molecule has 2 aromatic heterocycles. The summed E-state index contributed by atoms with van der Waals surface area (Å²) >= 11 is 5.65. The van der Waals surface area contributed by atoms with E-state index < -0.39 is 0 Å². The largest absolute Gasteiger partial charge is 0.294 e. The van der Waals surface area contributed by atoms with Crippen LogP contribution in [0, 0.1) is 0 Å². The Kier molecular flexibility index (Phi) is 2.45. The molecule has 2 aromatic rings. The number of alkyl halides is 1. The fraction of sp³-hybridized carbons (Fsp3) is 0.222. The Hall–Kier alpha value is -1.42. The summed E-state index contributed by atoms with van der Waals surface area (Å²) in [4.78, 5) is 14.5. The Morgan fingerprint density at radius 2 is 2.36 bits per heavy atom. The van der Waals surface area contributed by atoms with E-state index in [1.54, 1.807) is 10.6 Å². The maximum atomic E-state index is 10.5. The van der Waals surface area contributed by atoms with Crippen molar-refractivity contribution in [2.24, 2.45) is 0 Å². The molecule has 0 saturated heterocycles. The van der Waals surface area contributed by atoms with Crippen molar-refractivity contribution in [3.8, 4) is 0 Å². The van der Waals surface area contributed by atoms with Crippen molar-refractivity contribution in [1.29, 1.82) is 0 Å². The van der Waals surface area contributed by atoms with E-state index in [0.29, 0.717) is 24.2 Å². The van der Waals surface area contributed by atoms with E-state index >= 15 is 0 Å². The molecule has 14 heavy (non-hydrogen) atoms. The van der Waals surface area contributed by atoms with Crippen LogP contribution in [-0.4, -0.2) is 26.8 Å². The van der Waals surface area contributed by atoms with E-state index in [1.807, 2.05) is 12.1 Å². The number of carbonyl (C=O) groups excluding carboxylic acids is 1. The molecule has 4 nitrogen and oxygen atoms in total. The van der Waals surface area contributed by atoms with Crippen LogP contribution in [0.1, 0.15) is 16.3 Å². The topological polar surface area (TPSA) is 47.3 Å². The van der Waals surface area contributed by atoms with Gasteiger partial charge in [0.2, 0.25) is 5.82 Å². The van der Waals surface area contributed by atoms with E-state index in [1.165, 1.54) is 0 Å². The van der Waals surface area contributed by atoms with Gasteiger partial charge in [0.1, 0.15) is 0 Å². The molecular weight excluding hydrogens is 202 g/mol. The predicted octanol–water partition coefficient (Wildman–Crippen LogP) is 1.32. The highest BCUT2D eigenvalue weighted by molar-refractivity contribution is 6.17. The number of nitrogens with zero attached hydrogens (tertiary/aromatic N) is 3. The van der Waals surface area contributed by atoms with Gasteiger partial charge in [-0.25, -0.2) is 9.50 Å². The fourth-order valence-electron chi connectivity index (χ4n) is 1.31. The van der Waals surface area contributed by atoms with Crippen molar-refractivity contribution < 1.29 is 4.79 Å². The van der Waals surface area contributed by atoms with Crippen LogP contribution in [0.25, 0.3) is 5.65 Å². The van der Waals surface area contributed by atoms with Crippen molar-refractivity contribution in [2.45, 2.75) is 6.42 Å². The third-order valence-corrected chi connectivity index (χ3v) is 2.10. The summed E-state index contributed by atoms with van der Waals surface area (Å²) in [5.74, 6) is 0.724. The van der Waals surface area contributed by atoms with E-state index in [2.05, 4.69) is 10.1 Å². The Bertz CT molecular complexity index is 466. The van der Waals surface area contributed by atoms with Gasteiger partial charge in [0.15, 0.2) is 11.9 Å². The molecule has 0 fully saturated rings. The molecule has 2 rings (SSSR count). The predicted molar refractivity (Wildman–Crippen MR) is 52.8 cm³/mol. The van der Waals surface area contributed by atoms with Crippen molar-refractivity contribution in [3.05, 3.63) is 29.7 Å². The number of carbonyl (C=O) groups is 1. The molecule has 0 aromatic carbocycles. The van der Waals surface area contributed by atoms with Crippen molar-refractivity contribution in [2.75, 3.05) is 5.88 Å². The van der Waals surface area contributed by atoms with Crippen LogP contribution in [-0.2, 0) is 6.42 Å². The maximum absolute atomic E-state index is 10.5. The molecule has 72 valence electrons. The zero-order valence-electron chi connectivity index (χ0n) is 7.35. The van der Waals surface area contributed by atoms with Crippen LogP contribution in [0.5, 0.6) is 0 Å². The molecule has 0 aliphatic carbocycles. The maximum Gasteiger partial charge on any atom is 0.214 e. The van der Waals surface area contributed by atoms with Crippen LogP contribution in [0.4, 0.5) is 0 Å². The van der Waals surface area contributed by atoms with Crippen LogP contribution in [0.15, 0.2) is 18.2 Å². The van der Waals surface area contributed by atoms with E-state index in [9.17, 15) is 4.79 Å². The minimum atomic E-state index is 0.201. The lowest BCUT2D eigenvalue weighted by Gasteiger charge is -1.99. The Labute approximate surface area is 85.5 Å². The van der Waals surface area contributed by atoms with Crippen molar-refractivity contribution >= 4 is 23.5 Å². The number of hydrogen-bond donors (Lipinski definition) is 0. The summed E-state index contributed by atoms with van der Waals surface area (Å²) in [7, 11) is 0. The SMILES string of the molecule is O=Cc1nc2cccc(CCCl)n2n1. The van der Waals surface area contributed by atoms with Crippen LogP contribution < -0.4 is 0 Å². The van der Waals surface area contributed by atoms with Crippen molar-refractivity contribution in [1.82, 2.24) is 14.6 Å². The van der Waals surface area contributed by atoms with Gasteiger partial charge in [-0.1, -0.05) is 6.07 Å². The average molecular weight is 210 g/mol. The number of fused-ring (bicyclic) bond motifs is 1. The average Bonchev–Trinajstić information content (AvgIpc) is 2.62. The summed E-state index contributed by atoms with van der Waals surface area (Å²) < 4.78 is 1.64. The quantitative estimate of drug-likeness (QED) is 0.566. The van der Waals surface area contributed by atoms with Gasteiger partial charge in [-0.15, -0.1) is 16.7 Å². The first-order valence-corrected chi connectivity index (χ1v) is 4.74. The first-order chi connectivity index (χ1) is 6.85. The number of aldehydes is 1. The Morgan fingerprint density at radius 1 is 1.50 bits per heavy atom. The molecule has 0 radical (unpaired) electrons. The second-order valence-corrected chi connectivity index (χ2v) is 3.19. The number of aromatic nitrogens is 3. The first kappa shape index (κ1) is 9.15. The third-order valence-electron chi connectivity index (χ3n) is 1.91. The molecule has 0 spiro atoms. The molecular formula is C9H8ClN3O. The molecule has 5 heteroatoms. The van der Waals surface area contributed by atoms with Crippen molar-refractivity contribution in [3.63, 3.8) is 0 Å². The summed E-state index contributed by atoms with van der Waals surface area (Å²) in [6, 6.07) is 5.59. The second kappa shape index (κ2) is 3.75. The molecule has 2 heterocycles. The zero-order chi connectivity index (χ0) is 9.97. The summed E-state index contributed by atoms with van der Waals surface area (Å²) in [5, 5.41) is 4.03. The first-order valence-electron chi connectivity index (χ1n) is 4.21. The summed E-state index contributed by atoms with van der Waals surface area (Å²) in [5.41, 5.74) is 1.63. The van der Waals surface area contributed by atoms with E-state index in [0.717, 1.165) is 5.69 Å². The number of halogens is 1. The third kappa shape index (κ3) is 1.48. The van der Waals surface area contributed by atoms with Crippen LogP contribution in [0.3, 0.4) is 0 Å². The second-order valence-electron chi connectivity index (χ2n) is 2.81. The van der Waals surface area contributed by atoms with Crippen LogP contribution in [0.2, 0.25) is 0 Å². The Morgan fingerprint density at radius 3 is 3.07 bits per heavy atom. The molecule has 0 aliphatic heterocycles. The van der Waals surface area contributed by atoms with Gasteiger partial charge < -0.3 is 0 Å². The molecule has 0 amide bonds. The van der Waals surface area contributed by atoms with Gasteiger partial charge in [-0.05, 0) is 12.1 Å². The normalized spacial score (nSPS) is 10.6. The molecule has 0 atom stereocenters. The number of rotatable bonds is 3. The van der Waals surface area contributed by atoms with Crippen LogP contribution >= 0.6 is 11.6 Å². The fourth-order valence-corrected chi connectivity index (χ4v) is 1.51. The number of hydrogen-bond acceptors (Lipinski definition) is 3. The highest BCUT2D eigenvalue weighted by atomic mass is 35.5. The molecule has 0 unspecified atom stereocenters. The monoisotopic (exact) mass is 209 g/mol. The van der Waals surface area contributed by atoms with Gasteiger partial charge in [-0.3, -0.25) is 4.79 Å². The van der Waals surface area contributed by atoms with Gasteiger partial charge in [0, 0.05) is 18.0 Å². The molecule has 0 bridgehead atoms. The zero-order valence-corrected chi connectivity index (χ0v) is 8.11. The lowest BCUT2D eigenvalue weighted by molar-refractivity contribution is 0.111. The summed E-state index contributed by atoms with van der Waals surface area (Å²) in [6.07, 6.45) is 1.35. The van der Waals surface area contributed by atoms with E-state index in [-0.39, 0.29) is 5.82 Å². The Balaban J connectivity index is 2.60. The van der Waals surface area contributed by atoms with Gasteiger partial charge >= 0.3 is 0 Å². The minimum absolute atomic E-state index is 0.201. The lowest BCUT2D eigenvalue weighted by Crippen LogP contribution is -1.99. The highest BCUT2D eigenvalue weighted by Gasteiger charge is 2.05. The lowest BCUT2D eigenvalue weighted by atomic mass is 10.3. The smallest absolute Gasteiger partial charge is 0.214 e. The van der Waals surface area contributed by atoms with Gasteiger partial charge in [-0.2, -0.15) is 0 Å². The van der Waals surface area contributed by atoms with Gasteiger partial charge in [0.25, 0.3) is 0 Å². The number of aryl methyl sites for hydroxylation is 1. The highest BCUT2D eigenvalue weighted by Crippen LogP contribution is 2.06. The number of pyridine rings is 1. The minimum Gasteiger partial charge on any atom is -0.294 e. The standard InChI is InChI=1S/C9H8ClN3O/c10-5-4-7-2-1-3-9-11-8(6-14)12-13(7)9/h1-3,6H,4-5H2. The molecule has 0 aliphatic rings. The summed E-state index contributed by atoms with van der Waals surface area (Å²) in [6.45, 7) is 0. The molecule has 0 saturated carbocycles. The van der Waals surface area contributed by atoms with Gasteiger partial charge in [0.05, 0.1) is 0 Å². The molecule has 0 N–H and O–H groups in total. The van der Waals surface area contributed by atoms with E-state index in [4.69, 9.17) is 11.6 Å².